The number of carbonyl (C=O) groups is 4. The molecule has 3 heterocycles. The Balaban J connectivity index is 1.33. The Morgan fingerprint density at radius 1 is 1.13 bits per heavy atom. The molecule has 1 saturated heterocycles. The molecule has 5 atom stereocenters. The molecule has 0 aromatic heterocycles. The van der Waals surface area contributed by atoms with Gasteiger partial charge in [-0.3, -0.25) is 14.5 Å². The fourth-order valence-corrected chi connectivity index (χ4v) is 5.97. The van der Waals surface area contributed by atoms with Crippen LogP contribution in [0.4, 0.5) is 4.79 Å². The summed E-state index contributed by atoms with van der Waals surface area (Å²) in [5.74, 6) is -1.43. The van der Waals surface area contributed by atoms with Gasteiger partial charge in [0, 0.05) is 25.4 Å². The number of esters is 1. The van der Waals surface area contributed by atoms with Crippen molar-refractivity contribution in [2.24, 2.45) is 11.7 Å². The highest BCUT2D eigenvalue weighted by Crippen LogP contribution is 2.46. The number of hydrogen-bond acceptors (Lipinski definition) is 7. The SMILES string of the molecule is CCOC(=O)[C@@]12C[C@@H]1/C=C\CCCCC[C@H](N)C(=O)N1C[C@H](OC(=O)N3Cc4ccccc4C3)C[C@H]1C(=O)N2. The number of ether oxygens (including phenoxy) is 2. The van der Waals surface area contributed by atoms with Crippen LogP contribution in [0.3, 0.4) is 0 Å². The molecule has 1 aliphatic carbocycles. The number of amides is 3. The maximum Gasteiger partial charge on any atom is 0.410 e. The average molecular weight is 539 g/mol. The minimum Gasteiger partial charge on any atom is -0.464 e. The molecule has 0 bridgehead atoms. The fraction of sp³-hybridized carbons (Fsp3) is 0.586. The van der Waals surface area contributed by atoms with Crippen LogP contribution in [0.1, 0.15) is 63.0 Å². The van der Waals surface area contributed by atoms with Crippen molar-refractivity contribution in [3.05, 3.63) is 47.5 Å². The van der Waals surface area contributed by atoms with Crippen LogP contribution in [0.2, 0.25) is 0 Å². The molecule has 10 heteroatoms. The zero-order valence-corrected chi connectivity index (χ0v) is 22.5. The molecule has 39 heavy (non-hydrogen) atoms. The van der Waals surface area contributed by atoms with Crippen molar-refractivity contribution in [1.82, 2.24) is 15.1 Å². The van der Waals surface area contributed by atoms with Crippen LogP contribution in [0, 0.1) is 5.92 Å². The van der Waals surface area contributed by atoms with Gasteiger partial charge in [0.15, 0.2) is 0 Å². The Morgan fingerprint density at radius 3 is 2.59 bits per heavy atom. The maximum atomic E-state index is 13.6. The van der Waals surface area contributed by atoms with Gasteiger partial charge < -0.3 is 25.4 Å². The molecule has 0 radical (unpaired) electrons. The highest BCUT2D eigenvalue weighted by Gasteiger charge is 2.62. The van der Waals surface area contributed by atoms with E-state index in [4.69, 9.17) is 15.2 Å². The summed E-state index contributed by atoms with van der Waals surface area (Å²) in [6.45, 7) is 2.92. The van der Waals surface area contributed by atoms with Gasteiger partial charge in [0.05, 0.1) is 19.2 Å². The second kappa shape index (κ2) is 11.4. The Labute approximate surface area is 228 Å². The summed E-state index contributed by atoms with van der Waals surface area (Å²) in [4.78, 5) is 56.1. The minimum absolute atomic E-state index is 0.0763. The molecule has 0 unspecified atom stereocenters. The van der Waals surface area contributed by atoms with Crippen molar-refractivity contribution in [3.63, 3.8) is 0 Å². The molecule has 210 valence electrons. The fourth-order valence-electron chi connectivity index (χ4n) is 5.97. The zero-order chi connectivity index (χ0) is 27.6. The van der Waals surface area contributed by atoms with Gasteiger partial charge in [-0.25, -0.2) is 9.59 Å². The van der Waals surface area contributed by atoms with E-state index >= 15 is 0 Å². The lowest BCUT2D eigenvalue weighted by molar-refractivity contribution is -0.150. The Kier molecular flexibility index (Phi) is 7.93. The summed E-state index contributed by atoms with van der Waals surface area (Å²) in [6.07, 6.45) is 7.52. The lowest BCUT2D eigenvalue weighted by atomic mass is 10.1. The normalized spacial score (nSPS) is 31.6. The monoisotopic (exact) mass is 538 g/mol. The highest BCUT2D eigenvalue weighted by atomic mass is 16.6. The molecule has 1 aromatic rings. The Bertz CT molecular complexity index is 1130. The topological polar surface area (TPSA) is 131 Å². The van der Waals surface area contributed by atoms with Crippen molar-refractivity contribution in [1.29, 1.82) is 0 Å². The standard InChI is InChI=1S/C29H38N4O6/c1-2-38-27(36)29-15-21(29)12-6-4-3-5-7-13-23(30)26(35)33-18-22(14-24(33)25(34)31-29)39-28(37)32-16-19-10-8-9-11-20(19)17-32/h6,8-12,21-24H,2-5,7,13-18,30H2,1H3,(H,31,34)/b12-6-/t21-,22+,23-,24-,29+/m0/s1. The average Bonchev–Trinajstić information content (AvgIpc) is 3.24. The van der Waals surface area contributed by atoms with Crippen LogP contribution in [0.25, 0.3) is 0 Å². The summed E-state index contributed by atoms with van der Waals surface area (Å²) in [6, 6.07) is 6.19. The van der Waals surface area contributed by atoms with E-state index in [1.165, 1.54) is 4.90 Å². The van der Waals surface area contributed by atoms with Gasteiger partial charge in [-0.05, 0) is 43.7 Å². The molecule has 10 nitrogen and oxygen atoms in total. The molecular weight excluding hydrogens is 500 g/mol. The van der Waals surface area contributed by atoms with E-state index < -0.39 is 41.7 Å². The summed E-state index contributed by atoms with van der Waals surface area (Å²) in [5, 5.41) is 2.92. The van der Waals surface area contributed by atoms with Crippen LogP contribution in [-0.4, -0.2) is 70.6 Å². The quantitative estimate of drug-likeness (QED) is 0.446. The molecule has 0 spiro atoms. The molecule has 5 rings (SSSR count). The molecule has 3 amide bonds. The number of fused-ring (bicyclic) bond motifs is 3. The van der Waals surface area contributed by atoms with Crippen LogP contribution in [0.15, 0.2) is 36.4 Å². The first-order valence-electron chi connectivity index (χ1n) is 14.1. The number of benzene rings is 1. The molecule has 3 aliphatic heterocycles. The summed E-state index contributed by atoms with van der Waals surface area (Å²) in [7, 11) is 0. The number of hydrogen-bond donors (Lipinski definition) is 2. The number of allylic oxidation sites excluding steroid dienone is 1. The van der Waals surface area contributed by atoms with Gasteiger partial charge in [-0.15, -0.1) is 0 Å². The lowest BCUT2D eigenvalue weighted by Crippen LogP contribution is -2.55. The minimum atomic E-state index is -1.14. The molecular formula is C29H38N4O6. The van der Waals surface area contributed by atoms with Crippen molar-refractivity contribution in [3.8, 4) is 0 Å². The van der Waals surface area contributed by atoms with Crippen molar-refractivity contribution in [2.75, 3.05) is 13.2 Å². The Hall–Kier alpha value is -3.40. The number of nitrogens with zero attached hydrogens (tertiary/aromatic N) is 2. The van der Waals surface area contributed by atoms with E-state index in [0.717, 1.165) is 36.8 Å². The zero-order valence-electron chi connectivity index (χ0n) is 22.5. The van der Waals surface area contributed by atoms with Crippen molar-refractivity contribution >= 4 is 23.9 Å². The van der Waals surface area contributed by atoms with E-state index in [9.17, 15) is 19.2 Å². The lowest BCUT2D eigenvalue weighted by Gasteiger charge is -2.28. The second-order valence-corrected chi connectivity index (χ2v) is 11.0. The van der Waals surface area contributed by atoms with Gasteiger partial charge in [0.2, 0.25) is 11.8 Å². The van der Waals surface area contributed by atoms with Crippen molar-refractivity contribution in [2.45, 2.75) is 88.7 Å². The summed E-state index contributed by atoms with van der Waals surface area (Å²) < 4.78 is 11.1. The van der Waals surface area contributed by atoms with Crippen molar-refractivity contribution < 1.29 is 28.7 Å². The predicted octanol–water partition coefficient (Wildman–Crippen LogP) is 2.39. The largest absolute Gasteiger partial charge is 0.464 e. The van der Waals surface area contributed by atoms with E-state index in [1.807, 2.05) is 30.3 Å². The van der Waals surface area contributed by atoms with Gasteiger partial charge in [-0.1, -0.05) is 49.3 Å². The van der Waals surface area contributed by atoms with Crippen LogP contribution < -0.4 is 11.1 Å². The van der Waals surface area contributed by atoms with E-state index in [1.54, 1.807) is 11.8 Å². The number of rotatable bonds is 3. The third-order valence-electron chi connectivity index (χ3n) is 8.29. The Morgan fingerprint density at radius 2 is 1.87 bits per heavy atom. The first-order valence-corrected chi connectivity index (χ1v) is 14.1. The van der Waals surface area contributed by atoms with E-state index in [2.05, 4.69) is 11.4 Å². The third-order valence-corrected chi connectivity index (χ3v) is 8.29. The maximum absolute atomic E-state index is 13.6. The van der Waals surface area contributed by atoms with E-state index in [0.29, 0.717) is 25.9 Å². The van der Waals surface area contributed by atoms with Gasteiger partial charge in [0.1, 0.15) is 17.7 Å². The molecule has 4 aliphatic rings. The van der Waals surface area contributed by atoms with E-state index in [-0.39, 0.29) is 31.4 Å². The van der Waals surface area contributed by atoms with Gasteiger partial charge in [-0.2, -0.15) is 0 Å². The summed E-state index contributed by atoms with van der Waals surface area (Å²) >= 11 is 0. The van der Waals surface area contributed by atoms with Crippen LogP contribution in [0.5, 0.6) is 0 Å². The third kappa shape index (κ3) is 5.66. The first-order chi connectivity index (χ1) is 18.8. The van der Waals surface area contributed by atoms with Gasteiger partial charge in [0.25, 0.3) is 0 Å². The number of carbonyl (C=O) groups excluding carboxylic acids is 4. The molecule has 2 fully saturated rings. The number of nitrogens with two attached hydrogens (primary N) is 1. The highest BCUT2D eigenvalue weighted by molar-refractivity contribution is 5.96. The molecule has 1 saturated carbocycles. The van der Waals surface area contributed by atoms with Crippen LogP contribution >= 0.6 is 0 Å². The van der Waals surface area contributed by atoms with Gasteiger partial charge >= 0.3 is 12.1 Å². The number of nitrogens with one attached hydrogen (secondary N) is 1. The van der Waals surface area contributed by atoms with Crippen LogP contribution in [-0.2, 0) is 36.9 Å². The molecule has 3 N–H and O–H groups in total. The molecule has 1 aromatic carbocycles. The first kappa shape index (κ1) is 27.2. The second-order valence-electron chi connectivity index (χ2n) is 11.0. The smallest absolute Gasteiger partial charge is 0.410 e. The summed E-state index contributed by atoms with van der Waals surface area (Å²) in [5.41, 5.74) is 7.29. The predicted molar refractivity (Wildman–Crippen MR) is 142 cm³/mol.